The highest BCUT2D eigenvalue weighted by Gasteiger charge is 2.64. The molecule has 340 valence electrons. The molecule has 0 unspecified atom stereocenters. The molecule has 1 saturated heterocycles. The van der Waals surface area contributed by atoms with E-state index < -0.39 is 17.3 Å². The largest absolute Gasteiger partial charge is 0.489 e. The van der Waals surface area contributed by atoms with E-state index in [1.165, 1.54) is 0 Å². The standard InChI is InChI=1S/C48H54ClF2N11O3/c1-28(63)60-17-13-39-37(27-60)42(61-14-7-8-30-18-35(33-24-55-58(6)26-33)36(41(50)51)20-40(30)61)57-62(39)25-29-11-15-59(16-12-29)46-53-22-32(23-54-46)43(64)56-44-47(2,3)45(48(44,4)5)65-34-10-9-31(21-52)38(49)19-34/h9-10,18-20,22-24,26,29,41,44-45H,7-8,11-17,25,27H2,1-6H3,(H,56,64). The van der Waals surface area contributed by atoms with Gasteiger partial charge in [-0.3, -0.25) is 19.0 Å². The van der Waals surface area contributed by atoms with Crippen molar-refractivity contribution in [1.82, 2.24) is 39.7 Å². The number of piperidine rings is 1. The van der Waals surface area contributed by atoms with Crippen LogP contribution in [0.1, 0.15) is 98.6 Å². The summed E-state index contributed by atoms with van der Waals surface area (Å²) in [6.07, 6.45) is 7.66. The molecule has 2 amide bonds. The van der Waals surface area contributed by atoms with Crippen LogP contribution in [0, 0.1) is 28.1 Å². The first kappa shape index (κ1) is 44.1. The van der Waals surface area contributed by atoms with Crippen molar-refractivity contribution in [1.29, 1.82) is 5.26 Å². The van der Waals surface area contributed by atoms with Gasteiger partial charge in [-0.25, -0.2) is 18.7 Å². The van der Waals surface area contributed by atoms with E-state index in [-0.39, 0.29) is 29.5 Å². The van der Waals surface area contributed by atoms with Gasteiger partial charge in [0.25, 0.3) is 12.3 Å². The molecule has 0 spiro atoms. The lowest BCUT2D eigenvalue weighted by molar-refractivity contribution is -0.164. The molecule has 3 aromatic heterocycles. The highest BCUT2D eigenvalue weighted by Crippen LogP contribution is 2.56. The number of benzene rings is 2. The fraction of sp³-hybridized carbons (Fsp3) is 0.479. The second-order valence-corrected chi connectivity index (χ2v) is 19.6. The zero-order valence-electron chi connectivity index (χ0n) is 37.6. The lowest BCUT2D eigenvalue weighted by Gasteiger charge is -2.63. The van der Waals surface area contributed by atoms with Crippen LogP contribution in [0.5, 0.6) is 5.75 Å². The smallest absolute Gasteiger partial charge is 0.264 e. The molecule has 3 aliphatic heterocycles. The summed E-state index contributed by atoms with van der Waals surface area (Å²) in [6, 6.07) is 10.4. The first-order chi connectivity index (χ1) is 31.0. The highest BCUT2D eigenvalue weighted by molar-refractivity contribution is 6.31. The zero-order chi connectivity index (χ0) is 45.9. The van der Waals surface area contributed by atoms with E-state index in [0.717, 1.165) is 67.1 Å². The Morgan fingerprint density at radius 3 is 2.40 bits per heavy atom. The number of amides is 2. The number of carbonyl (C=O) groups is 2. The van der Waals surface area contributed by atoms with Crippen molar-refractivity contribution >= 4 is 40.9 Å². The molecule has 17 heteroatoms. The van der Waals surface area contributed by atoms with Gasteiger partial charge in [-0.15, -0.1) is 0 Å². The average molecular weight is 906 g/mol. The minimum atomic E-state index is -2.68. The van der Waals surface area contributed by atoms with Gasteiger partial charge in [0, 0.05) is 123 Å². The van der Waals surface area contributed by atoms with Gasteiger partial charge in [0.05, 0.1) is 28.9 Å². The number of fused-ring (bicyclic) bond motifs is 2. The number of aromatic nitrogens is 6. The van der Waals surface area contributed by atoms with Gasteiger partial charge in [0.15, 0.2) is 5.82 Å². The number of nitrogens with zero attached hydrogens (tertiary/aromatic N) is 10. The number of rotatable bonds is 10. The topological polar surface area (TPSA) is 150 Å². The van der Waals surface area contributed by atoms with E-state index in [2.05, 4.69) is 68.6 Å². The first-order valence-electron chi connectivity index (χ1n) is 22.3. The molecule has 1 N–H and O–H groups in total. The van der Waals surface area contributed by atoms with Crippen molar-refractivity contribution < 1.29 is 23.1 Å². The summed E-state index contributed by atoms with van der Waals surface area (Å²) >= 11 is 6.27. The minimum Gasteiger partial charge on any atom is -0.489 e. The Morgan fingerprint density at radius 1 is 1.02 bits per heavy atom. The molecule has 2 fully saturated rings. The fourth-order valence-electron chi connectivity index (χ4n) is 10.9. The van der Waals surface area contributed by atoms with Crippen LogP contribution in [0.15, 0.2) is 55.1 Å². The summed E-state index contributed by atoms with van der Waals surface area (Å²) in [5, 5.41) is 22.3. The quantitative estimate of drug-likeness (QED) is 0.146. The summed E-state index contributed by atoms with van der Waals surface area (Å²) in [6.45, 7) is 13.6. The average Bonchev–Trinajstić information content (AvgIpc) is 3.89. The molecule has 6 heterocycles. The first-order valence-corrected chi connectivity index (χ1v) is 22.7. The van der Waals surface area contributed by atoms with E-state index >= 15 is 0 Å². The molecule has 0 bridgehead atoms. The number of ether oxygens (including phenoxy) is 1. The van der Waals surface area contributed by atoms with Crippen molar-refractivity contribution in [3.8, 4) is 22.9 Å². The lowest BCUT2D eigenvalue weighted by Crippen LogP contribution is -2.74. The monoisotopic (exact) mass is 905 g/mol. The zero-order valence-corrected chi connectivity index (χ0v) is 38.4. The number of nitrogens with one attached hydrogen (secondary N) is 1. The Labute approximate surface area is 382 Å². The Bertz CT molecular complexity index is 2670. The summed E-state index contributed by atoms with van der Waals surface area (Å²) in [5.74, 6) is 1.93. The number of hydrogen-bond donors (Lipinski definition) is 1. The Balaban J connectivity index is 0.864. The van der Waals surface area contributed by atoms with Crippen LogP contribution in [-0.2, 0) is 37.8 Å². The number of alkyl halides is 2. The summed E-state index contributed by atoms with van der Waals surface area (Å²) in [5.41, 5.74) is 4.85. The van der Waals surface area contributed by atoms with Crippen LogP contribution in [-0.4, -0.2) is 84.6 Å². The van der Waals surface area contributed by atoms with E-state index in [9.17, 15) is 23.6 Å². The molecule has 5 aromatic rings. The van der Waals surface area contributed by atoms with Gasteiger partial charge in [-0.1, -0.05) is 39.3 Å². The second-order valence-electron chi connectivity index (χ2n) is 19.2. The fourth-order valence-corrected chi connectivity index (χ4v) is 11.2. The van der Waals surface area contributed by atoms with Gasteiger partial charge in [0.1, 0.15) is 17.9 Å². The maximum atomic E-state index is 14.7. The third-order valence-electron chi connectivity index (χ3n) is 14.1. The van der Waals surface area contributed by atoms with Crippen molar-refractivity contribution in [3.63, 3.8) is 0 Å². The maximum Gasteiger partial charge on any atom is 0.264 e. The number of halogens is 3. The van der Waals surface area contributed by atoms with Gasteiger partial charge >= 0.3 is 0 Å². The van der Waals surface area contributed by atoms with Crippen molar-refractivity contribution in [2.24, 2.45) is 23.8 Å². The number of hydrogen-bond acceptors (Lipinski definition) is 10. The van der Waals surface area contributed by atoms with Crippen LogP contribution in [0.2, 0.25) is 5.02 Å². The second kappa shape index (κ2) is 17.0. The number of carbonyl (C=O) groups excluding carboxylic acids is 2. The number of nitriles is 1. The van der Waals surface area contributed by atoms with Gasteiger partial charge in [-0.05, 0) is 67.0 Å². The number of anilines is 3. The number of aryl methyl sites for hydroxylation is 2. The SMILES string of the molecule is CC(=O)N1CCc2c(c(N3CCCc4cc(-c5cnn(C)c5)c(C(F)F)cc43)nn2CC2CCN(c3ncc(C(=O)NC4C(C)(C)C(Oc5ccc(C#N)c(Cl)c5)C4(C)C)cn3)CC2)C1. The minimum absolute atomic E-state index is 0.00370. The third-order valence-corrected chi connectivity index (χ3v) is 14.4. The molecular weight excluding hydrogens is 852 g/mol. The summed E-state index contributed by atoms with van der Waals surface area (Å²) < 4.78 is 39.6. The van der Waals surface area contributed by atoms with Crippen LogP contribution < -0.4 is 19.9 Å². The van der Waals surface area contributed by atoms with Crippen molar-refractivity contribution in [3.05, 3.63) is 93.7 Å². The Kier molecular flexibility index (Phi) is 11.6. The summed E-state index contributed by atoms with van der Waals surface area (Å²) in [4.78, 5) is 41.6. The van der Waals surface area contributed by atoms with Crippen LogP contribution in [0.4, 0.5) is 26.2 Å². The predicted molar refractivity (Wildman–Crippen MR) is 242 cm³/mol. The molecule has 1 saturated carbocycles. The van der Waals surface area contributed by atoms with E-state index in [4.69, 9.17) is 21.4 Å². The molecule has 4 aliphatic rings. The Hall–Kier alpha value is -6.08. The third kappa shape index (κ3) is 8.17. The predicted octanol–water partition coefficient (Wildman–Crippen LogP) is 8.05. The highest BCUT2D eigenvalue weighted by atomic mass is 35.5. The van der Waals surface area contributed by atoms with Gasteiger partial charge in [0.2, 0.25) is 11.9 Å². The van der Waals surface area contributed by atoms with E-state index in [0.29, 0.717) is 77.5 Å². The van der Waals surface area contributed by atoms with Gasteiger partial charge < -0.3 is 24.8 Å². The maximum absolute atomic E-state index is 14.7. The normalized spacial score (nSPS) is 20.2. The van der Waals surface area contributed by atoms with Crippen LogP contribution in [0.25, 0.3) is 11.1 Å². The molecule has 1 aliphatic carbocycles. The molecule has 65 heavy (non-hydrogen) atoms. The lowest BCUT2D eigenvalue weighted by atomic mass is 9.49. The Morgan fingerprint density at radius 2 is 1.75 bits per heavy atom. The van der Waals surface area contributed by atoms with Crippen molar-refractivity contribution in [2.45, 2.75) is 98.4 Å². The van der Waals surface area contributed by atoms with E-state index in [1.807, 2.05) is 11.0 Å². The van der Waals surface area contributed by atoms with E-state index in [1.54, 1.807) is 67.7 Å². The molecular formula is C48H54ClF2N11O3. The molecule has 0 radical (unpaired) electrons. The molecule has 14 nitrogen and oxygen atoms in total. The van der Waals surface area contributed by atoms with Crippen molar-refractivity contribution in [2.75, 3.05) is 36.0 Å². The summed E-state index contributed by atoms with van der Waals surface area (Å²) in [7, 11) is 1.78. The van der Waals surface area contributed by atoms with Crippen LogP contribution in [0.3, 0.4) is 0 Å². The molecule has 0 atom stereocenters. The van der Waals surface area contributed by atoms with Crippen LogP contribution >= 0.6 is 11.6 Å². The van der Waals surface area contributed by atoms with Gasteiger partial charge in [-0.2, -0.15) is 15.5 Å². The molecule has 9 rings (SSSR count). The molecule has 2 aromatic carbocycles.